The zero-order chi connectivity index (χ0) is 15.4. The number of carbonyl (C=O) groups is 2. The first-order valence-electron chi connectivity index (χ1n) is 6.76. The highest BCUT2D eigenvalue weighted by Crippen LogP contribution is 2.08. The van der Waals surface area contributed by atoms with E-state index in [0.717, 1.165) is 11.0 Å². The van der Waals surface area contributed by atoms with E-state index in [0.29, 0.717) is 0 Å². The fourth-order valence-electron chi connectivity index (χ4n) is 2.00. The molecule has 21 heavy (non-hydrogen) atoms. The van der Waals surface area contributed by atoms with Crippen LogP contribution in [0.3, 0.4) is 0 Å². The van der Waals surface area contributed by atoms with E-state index in [1.807, 2.05) is 38.1 Å². The Hall–Kier alpha value is -2.44. The van der Waals surface area contributed by atoms with Gasteiger partial charge in [0.2, 0.25) is 5.91 Å². The van der Waals surface area contributed by atoms with Gasteiger partial charge in [0.15, 0.2) is 0 Å². The minimum Gasteiger partial charge on any atom is -0.481 e. The molecule has 1 aromatic carbocycles. The molecule has 0 aliphatic heterocycles. The van der Waals surface area contributed by atoms with Crippen LogP contribution in [0.15, 0.2) is 24.3 Å². The number of amides is 1. The van der Waals surface area contributed by atoms with Crippen LogP contribution < -0.4 is 5.32 Å². The molecular weight excluding hydrogens is 272 g/mol. The van der Waals surface area contributed by atoms with Crippen LogP contribution >= 0.6 is 0 Å². The SMILES string of the molecule is CC(C)[C@@H](CC(=O)O)NC(=O)Cn1nc2ccccc2n1. The lowest BCUT2D eigenvalue weighted by Gasteiger charge is -2.20. The Labute approximate surface area is 121 Å². The van der Waals surface area contributed by atoms with Gasteiger partial charge in [0.25, 0.3) is 0 Å². The Bertz CT molecular complexity index is 617. The second-order valence-electron chi connectivity index (χ2n) is 5.24. The molecule has 7 nitrogen and oxygen atoms in total. The van der Waals surface area contributed by atoms with Crippen LogP contribution in [0.1, 0.15) is 20.3 Å². The average Bonchev–Trinajstić information content (AvgIpc) is 2.79. The second-order valence-corrected chi connectivity index (χ2v) is 5.24. The molecule has 0 saturated heterocycles. The molecule has 1 aromatic heterocycles. The molecular formula is C14H18N4O3. The number of nitrogens with one attached hydrogen (secondary N) is 1. The number of hydrogen-bond acceptors (Lipinski definition) is 4. The second kappa shape index (κ2) is 6.34. The molecule has 0 aliphatic carbocycles. The predicted molar refractivity (Wildman–Crippen MR) is 76.5 cm³/mol. The molecule has 0 aliphatic rings. The van der Waals surface area contributed by atoms with Crippen molar-refractivity contribution >= 4 is 22.9 Å². The van der Waals surface area contributed by atoms with Crippen molar-refractivity contribution in [1.82, 2.24) is 20.3 Å². The summed E-state index contributed by atoms with van der Waals surface area (Å²) in [5.41, 5.74) is 1.44. The van der Waals surface area contributed by atoms with Gasteiger partial charge in [-0.3, -0.25) is 9.59 Å². The molecule has 0 saturated carbocycles. The lowest BCUT2D eigenvalue weighted by Crippen LogP contribution is -2.41. The zero-order valence-corrected chi connectivity index (χ0v) is 12.0. The fourth-order valence-corrected chi connectivity index (χ4v) is 2.00. The maximum Gasteiger partial charge on any atom is 0.305 e. The van der Waals surface area contributed by atoms with Crippen molar-refractivity contribution in [2.75, 3.05) is 0 Å². The van der Waals surface area contributed by atoms with Crippen molar-refractivity contribution < 1.29 is 14.7 Å². The van der Waals surface area contributed by atoms with Crippen LogP contribution in [0, 0.1) is 5.92 Å². The van der Waals surface area contributed by atoms with Crippen LogP contribution in [-0.2, 0) is 16.1 Å². The molecule has 112 valence electrons. The largest absolute Gasteiger partial charge is 0.481 e. The summed E-state index contributed by atoms with van der Waals surface area (Å²) < 4.78 is 0. The number of nitrogens with zero attached hydrogens (tertiary/aromatic N) is 3. The van der Waals surface area contributed by atoms with E-state index in [9.17, 15) is 9.59 Å². The highest BCUT2D eigenvalue weighted by atomic mass is 16.4. The first kappa shape index (κ1) is 15.0. The average molecular weight is 290 g/mol. The summed E-state index contributed by atoms with van der Waals surface area (Å²) in [5, 5.41) is 20.0. The molecule has 0 bridgehead atoms. The summed E-state index contributed by atoms with van der Waals surface area (Å²) in [6.07, 6.45) is -0.0993. The van der Waals surface area contributed by atoms with Crippen LogP contribution in [0.5, 0.6) is 0 Å². The number of carbonyl (C=O) groups excluding carboxylic acids is 1. The van der Waals surface area contributed by atoms with E-state index in [1.165, 1.54) is 4.80 Å². The predicted octanol–water partition coefficient (Wildman–Crippen LogP) is 1.05. The summed E-state index contributed by atoms with van der Waals surface area (Å²) >= 11 is 0. The Morgan fingerprint density at radius 2 is 1.81 bits per heavy atom. The maximum absolute atomic E-state index is 12.0. The Morgan fingerprint density at radius 1 is 1.24 bits per heavy atom. The number of aliphatic carboxylic acids is 1. The van der Waals surface area contributed by atoms with E-state index < -0.39 is 12.0 Å². The third-order valence-corrected chi connectivity index (χ3v) is 3.16. The minimum atomic E-state index is -0.933. The Morgan fingerprint density at radius 3 is 2.29 bits per heavy atom. The van der Waals surface area contributed by atoms with Gasteiger partial charge in [-0.15, -0.1) is 0 Å². The topological polar surface area (TPSA) is 97.1 Å². The number of carboxylic acids is 1. The van der Waals surface area contributed by atoms with E-state index in [4.69, 9.17) is 5.11 Å². The van der Waals surface area contributed by atoms with Gasteiger partial charge in [-0.1, -0.05) is 26.0 Å². The van der Waals surface area contributed by atoms with Crippen LogP contribution in [0.2, 0.25) is 0 Å². The zero-order valence-electron chi connectivity index (χ0n) is 12.0. The van der Waals surface area contributed by atoms with E-state index in [1.54, 1.807) is 0 Å². The number of rotatable bonds is 6. The van der Waals surface area contributed by atoms with Crippen LogP contribution in [-0.4, -0.2) is 38.0 Å². The summed E-state index contributed by atoms with van der Waals surface area (Å²) in [7, 11) is 0. The van der Waals surface area contributed by atoms with Gasteiger partial charge >= 0.3 is 5.97 Å². The van der Waals surface area contributed by atoms with Gasteiger partial charge in [-0.2, -0.15) is 15.0 Å². The fraction of sp³-hybridized carbons (Fsp3) is 0.429. The van der Waals surface area contributed by atoms with E-state index in [-0.39, 0.29) is 24.8 Å². The molecule has 2 N–H and O–H groups in total. The van der Waals surface area contributed by atoms with Gasteiger partial charge in [-0.25, -0.2) is 0 Å². The smallest absolute Gasteiger partial charge is 0.305 e. The van der Waals surface area contributed by atoms with E-state index >= 15 is 0 Å². The number of fused-ring (bicyclic) bond motifs is 1. The molecule has 1 amide bonds. The molecule has 7 heteroatoms. The lowest BCUT2D eigenvalue weighted by molar-refractivity contribution is -0.138. The maximum atomic E-state index is 12.0. The minimum absolute atomic E-state index is 0.0302. The normalized spacial score (nSPS) is 12.5. The lowest BCUT2D eigenvalue weighted by atomic mass is 10.0. The number of aromatic nitrogens is 3. The number of benzene rings is 1. The molecule has 2 aromatic rings. The van der Waals surface area contributed by atoms with Crippen molar-refractivity contribution in [3.05, 3.63) is 24.3 Å². The van der Waals surface area contributed by atoms with Gasteiger partial charge < -0.3 is 10.4 Å². The van der Waals surface area contributed by atoms with Gasteiger partial charge in [0.1, 0.15) is 17.6 Å². The first-order chi connectivity index (χ1) is 9.95. The van der Waals surface area contributed by atoms with Crippen LogP contribution in [0.4, 0.5) is 0 Å². The van der Waals surface area contributed by atoms with Gasteiger partial charge in [-0.05, 0) is 18.1 Å². The Kier molecular flexibility index (Phi) is 4.52. The van der Waals surface area contributed by atoms with Crippen molar-refractivity contribution in [2.45, 2.75) is 32.9 Å². The molecule has 0 fully saturated rings. The van der Waals surface area contributed by atoms with Gasteiger partial charge in [0, 0.05) is 6.04 Å². The van der Waals surface area contributed by atoms with Crippen molar-refractivity contribution in [2.24, 2.45) is 5.92 Å². The summed E-state index contributed by atoms with van der Waals surface area (Å²) in [5.74, 6) is -1.19. The highest BCUT2D eigenvalue weighted by Gasteiger charge is 2.19. The quantitative estimate of drug-likeness (QED) is 0.828. The number of carboxylic acid groups (broad SMARTS) is 1. The third kappa shape index (κ3) is 4.01. The Balaban J connectivity index is 2.01. The third-order valence-electron chi connectivity index (χ3n) is 3.16. The molecule has 0 radical (unpaired) electrons. The summed E-state index contributed by atoms with van der Waals surface area (Å²) in [6, 6.07) is 6.93. The number of hydrogen-bond donors (Lipinski definition) is 2. The molecule has 0 spiro atoms. The van der Waals surface area contributed by atoms with Crippen molar-refractivity contribution in [1.29, 1.82) is 0 Å². The summed E-state index contributed by atoms with van der Waals surface area (Å²) in [6.45, 7) is 3.71. The van der Waals surface area contributed by atoms with Gasteiger partial charge in [0.05, 0.1) is 6.42 Å². The van der Waals surface area contributed by atoms with Crippen LogP contribution in [0.25, 0.3) is 11.0 Å². The molecule has 2 rings (SSSR count). The van der Waals surface area contributed by atoms with Crippen molar-refractivity contribution in [3.63, 3.8) is 0 Å². The van der Waals surface area contributed by atoms with Crippen molar-refractivity contribution in [3.8, 4) is 0 Å². The first-order valence-corrected chi connectivity index (χ1v) is 6.76. The molecule has 0 unspecified atom stereocenters. The standard InChI is InChI=1S/C14H18N4O3/c1-9(2)12(7-14(20)21)15-13(19)8-18-16-10-5-3-4-6-11(10)17-18/h3-6,9,12H,7-8H2,1-2H3,(H,15,19)(H,20,21)/t12-/m1/s1. The summed E-state index contributed by atoms with van der Waals surface area (Å²) in [4.78, 5) is 24.1. The molecule has 1 heterocycles. The van der Waals surface area contributed by atoms with E-state index in [2.05, 4.69) is 15.5 Å². The highest BCUT2D eigenvalue weighted by molar-refractivity contribution is 5.78. The molecule has 1 atom stereocenters. The monoisotopic (exact) mass is 290 g/mol.